The first-order valence-corrected chi connectivity index (χ1v) is 8.91. The molecule has 3 aromatic rings. The minimum atomic E-state index is -3.40. The van der Waals surface area contributed by atoms with E-state index in [2.05, 4.69) is 15.4 Å². The van der Waals surface area contributed by atoms with E-state index in [0.717, 1.165) is 6.26 Å². The molecule has 3 rings (SSSR count). The molecule has 0 radical (unpaired) electrons. The second kappa shape index (κ2) is 6.25. The van der Waals surface area contributed by atoms with Crippen molar-refractivity contribution in [1.29, 1.82) is 0 Å². The van der Waals surface area contributed by atoms with Crippen LogP contribution in [0.25, 0.3) is 5.69 Å². The first-order valence-electron chi connectivity index (χ1n) is 7.02. The van der Waals surface area contributed by atoms with Gasteiger partial charge in [-0.15, -0.1) is 0 Å². The van der Waals surface area contributed by atoms with Gasteiger partial charge < -0.3 is 5.32 Å². The molecule has 24 heavy (non-hydrogen) atoms. The third-order valence-corrected chi connectivity index (χ3v) is 4.39. The highest BCUT2D eigenvalue weighted by atomic mass is 32.2. The molecule has 1 amide bonds. The van der Waals surface area contributed by atoms with E-state index in [1.54, 1.807) is 42.6 Å². The van der Waals surface area contributed by atoms with Crippen LogP contribution in [0.4, 0.5) is 5.69 Å². The zero-order valence-electron chi connectivity index (χ0n) is 12.7. The Labute approximate surface area is 138 Å². The number of nitrogens with zero attached hydrogens (tertiary/aromatic N) is 3. The summed E-state index contributed by atoms with van der Waals surface area (Å²) in [7, 11) is -3.40. The summed E-state index contributed by atoms with van der Waals surface area (Å²) in [6, 6.07) is 11.6. The molecule has 0 bridgehead atoms. The fourth-order valence-corrected chi connectivity index (χ4v) is 3.04. The molecule has 0 unspecified atom stereocenters. The van der Waals surface area contributed by atoms with Crippen molar-refractivity contribution in [2.24, 2.45) is 0 Å². The van der Waals surface area contributed by atoms with Gasteiger partial charge in [0.2, 0.25) is 0 Å². The standard InChI is InChI=1S/C16H14N4O3S/c1-24(22,23)15-8-3-2-7-14(15)20-11-12(10-18-20)19-16(21)13-6-4-5-9-17-13/h2-11H,1H3,(H,19,21). The minimum Gasteiger partial charge on any atom is -0.318 e. The number of para-hydroxylation sites is 1. The predicted molar refractivity (Wildman–Crippen MR) is 88.9 cm³/mol. The molecular weight excluding hydrogens is 328 g/mol. The van der Waals surface area contributed by atoms with Gasteiger partial charge in [0.1, 0.15) is 5.69 Å². The molecule has 2 aromatic heterocycles. The highest BCUT2D eigenvalue weighted by Crippen LogP contribution is 2.20. The molecule has 1 aromatic carbocycles. The smallest absolute Gasteiger partial charge is 0.274 e. The van der Waals surface area contributed by atoms with Crippen molar-refractivity contribution in [2.45, 2.75) is 4.90 Å². The number of aromatic nitrogens is 3. The molecule has 122 valence electrons. The van der Waals surface area contributed by atoms with Crippen molar-refractivity contribution in [2.75, 3.05) is 11.6 Å². The third-order valence-electron chi connectivity index (χ3n) is 3.25. The maximum atomic E-state index is 12.1. The first kappa shape index (κ1) is 15.9. The van der Waals surface area contributed by atoms with E-state index in [-0.39, 0.29) is 16.5 Å². The second-order valence-electron chi connectivity index (χ2n) is 5.08. The molecule has 0 saturated carbocycles. The SMILES string of the molecule is CS(=O)(=O)c1ccccc1-n1cc(NC(=O)c2ccccn2)cn1. The van der Waals surface area contributed by atoms with E-state index >= 15 is 0 Å². The van der Waals surface area contributed by atoms with Crippen LogP contribution in [0.15, 0.2) is 66.0 Å². The van der Waals surface area contributed by atoms with Crippen molar-refractivity contribution in [3.63, 3.8) is 0 Å². The number of amides is 1. The average molecular weight is 342 g/mol. The Hall–Kier alpha value is -3.00. The molecule has 7 nitrogen and oxygen atoms in total. The van der Waals surface area contributed by atoms with Gasteiger partial charge in [0, 0.05) is 12.5 Å². The summed E-state index contributed by atoms with van der Waals surface area (Å²) in [5.74, 6) is -0.369. The topological polar surface area (TPSA) is 94.0 Å². The van der Waals surface area contributed by atoms with Crippen LogP contribution in [-0.4, -0.2) is 35.3 Å². The third kappa shape index (κ3) is 3.33. The zero-order valence-corrected chi connectivity index (χ0v) is 13.6. The lowest BCUT2D eigenvalue weighted by atomic mass is 10.3. The van der Waals surface area contributed by atoms with Gasteiger partial charge in [-0.3, -0.25) is 9.78 Å². The normalized spacial score (nSPS) is 11.2. The van der Waals surface area contributed by atoms with Crippen molar-refractivity contribution in [3.8, 4) is 5.69 Å². The Bertz CT molecular complexity index is 981. The van der Waals surface area contributed by atoms with E-state index in [9.17, 15) is 13.2 Å². The zero-order chi connectivity index (χ0) is 17.2. The summed E-state index contributed by atoms with van der Waals surface area (Å²) in [6.07, 6.45) is 5.66. The molecule has 0 aliphatic rings. The molecule has 0 aliphatic carbocycles. The van der Waals surface area contributed by atoms with Crippen LogP contribution in [-0.2, 0) is 9.84 Å². The van der Waals surface area contributed by atoms with Gasteiger partial charge >= 0.3 is 0 Å². The number of rotatable bonds is 4. The number of hydrogen-bond acceptors (Lipinski definition) is 5. The molecular formula is C16H14N4O3S. The Morgan fingerprint density at radius 1 is 1.12 bits per heavy atom. The largest absolute Gasteiger partial charge is 0.318 e. The first-order chi connectivity index (χ1) is 11.4. The van der Waals surface area contributed by atoms with Crippen LogP contribution >= 0.6 is 0 Å². The Balaban J connectivity index is 1.89. The summed E-state index contributed by atoms with van der Waals surface area (Å²) < 4.78 is 25.2. The van der Waals surface area contributed by atoms with Crippen molar-refractivity contribution >= 4 is 21.4 Å². The van der Waals surface area contributed by atoms with Gasteiger partial charge in [-0.1, -0.05) is 18.2 Å². The number of carbonyl (C=O) groups excluding carboxylic acids is 1. The number of sulfone groups is 1. The quantitative estimate of drug-likeness (QED) is 0.782. The predicted octanol–water partition coefficient (Wildman–Crippen LogP) is 1.92. The summed E-state index contributed by atoms with van der Waals surface area (Å²) in [5, 5.41) is 6.80. The van der Waals surface area contributed by atoms with Crippen molar-refractivity contribution in [3.05, 3.63) is 66.7 Å². The number of anilines is 1. The molecule has 0 saturated heterocycles. The van der Waals surface area contributed by atoms with Crippen molar-refractivity contribution in [1.82, 2.24) is 14.8 Å². The molecule has 0 spiro atoms. The van der Waals surface area contributed by atoms with E-state index in [1.807, 2.05) is 0 Å². The maximum absolute atomic E-state index is 12.1. The fourth-order valence-electron chi connectivity index (χ4n) is 2.17. The monoisotopic (exact) mass is 342 g/mol. The van der Waals surface area contributed by atoms with E-state index in [1.165, 1.54) is 23.1 Å². The highest BCUT2D eigenvalue weighted by Gasteiger charge is 2.15. The maximum Gasteiger partial charge on any atom is 0.274 e. The van der Waals surface area contributed by atoms with Crippen LogP contribution < -0.4 is 5.32 Å². The van der Waals surface area contributed by atoms with Gasteiger partial charge in [-0.25, -0.2) is 13.1 Å². The van der Waals surface area contributed by atoms with Crippen molar-refractivity contribution < 1.29 is 13.2 Å². The Kier molecular flexibility index (Phi) is 4.13. The van der Waals surface area contributed by atoms with Gasteiger partial charge in [0.15, 0.2) is 9.84 Å². The Morgan fingerprint density at radius 2 is 1.88 bits per heavy atom. The molecule has 0 fully saturated rings. The highest BCUT2D eigenvalue weighted by molar-refractivity contribution is 7.90. The lowest BCUT2D eigenvalue weighted by Gasteiger charge is -2.07. The van der Waals surface area contributed by atoms with Crippen LogP contribution in [0.5, 0.6) is 0 Å². The van der Waals surface area contributed by atoms with Crippen LogP contribution in [0.2, 0.25) is 0 Å². The van der Waals surface area contributed by atoms with Crippen LogP contribution in [0.3, 0.4) is 0 Å². The van der Waals surface area contributed by atoms with Crippen LogP contribution in [0, 0.1) is 0 Å². The number of benzene rings is 1. The molecule has 0 atom stereocenters. The van der Waals surface area contributed by atoms with E-state index in [0.29, 0.717) is 11.4 Å². The van der Waals surface area contributed by atoms with Gasteiger partial charge in [0.25, 0.3) is 5.91 Å². The molecule has 8 heteroatoms. The van der Waals surface area contributed by atoms with Gasteiger partial charge in [0.05, 0.1) is 28.7 Å². The molecule has 0 aliphatic heterocycles. The fraction of sp³-hybridized carbons (Fsp3) is 0.0625. The number of nitrogens with one attached hydrogen (secondary N) is 1. The Morgan fingerprint density at radius 3 is 2.58 bits per heavy atom. The molecule has 2 heterocycles. The second-order valence-corrected chi connectivity index (χ2v) is 7.07. The summed E-state index contributed by atoms with van der Waals surface area (Å²) in [6.45, 7) is 0. The number of pyridine rings is 1. The van der Waals surface area contributed by atoms with E-state index < -0.39 is 9.84 Å². The summed E-state index contributed by atoms with van der Waals surface area (Å²) in [4.78, 5) is 16.2. The number of carbonyl (C=O) groups is 1. The lowest BCUT2D eigenvalue weighted by Crippen LogP contribution is -2.12. The lowest BCUT2D eigenvalue weighted by molar-refractivity contribution is 0.102. The van der Waals surface area contributed by atoms with Crippen LogP contribution in [0.1, 0.15) is 10.5 Å². The average Bonchev–Trinajstić information content (AvgIpc) is 3.03. The summed E-state index contributed by atoms with van der Waals surface area (Å²) >= 11 is 0. The minimum absolute atomic E-state index is 0.163. The van der Waals surface area contributed by atoms with Gasteiger partial charge in [-0.05, 0) is 24.3 Å². The van der Waals surface area contributed by atoms with E-state index in [4.69, 9.17) is 0 Å². The molecule has 1 N–H and O–H groups in total. The summed E-state index contributed by atoms with van der Waals surface area (Å²) in [5.41, 5.74) is 1.13. The van der Waals surface area contributed by atoms with Gasteiger partial charge in [-0.2, -0.15) is 5.10 Å². The number of hydrogen-bond donors (Lipinski definition) is 1.